The van der Waals surface area contributed by atoms with Gasteiger partial charge in [-0.1, -0.05) is 103 Å². The molecule has 46 heavy (non-hydrogen) atoms. The monoisotopic (exact) mass is 603 g/mol. The van der Waals surface area contributed by atoms with Crippen LogP contribution in [0.4, 0.5) is 0 Å². The fourth-order valence-corrected chi connectivity index (χ4v) is 8.85. The number of para-hydroxylation sites is 1. The van der Waals surface area contributed by atoms with Gasteiger partial charge in [0.1, 0.15) is 0 Å². The summed E-state index contributed by atoms with van der Waals surface area (Å²) >= 11 is 1.97. The quantitative estimate of drug-likeness (QED) is 0.189. The predicted octanol–water partition coefficient (Wildman–Crippen LogP) is 12.3. The van der Waals surface area contributed by atoms with E-state index < -0.39 is 0 Å². The van der Waals surface area contributed by atoms with Crippen LogP contribution in [0.15, 0.2) is 152 Å². The van der Waals surface area contributed by atoms with Crippen LogP contribution in [-0.2, 0) is 12.8 Å². The molecule has 216 valence electrons. The highest BCUT2D eigenvalue weighted by atomic mass is 32.1. The van der Waals surface area contributed by atoms with E-state index in [1.165, 1.54) is 92.2 Å². The molecule has 10 rings (SSSR count). The molecular weight excluding hydrogens is 575 g/mol. The van der Waals surface area contributed by atoms with E-state index in [1.54, 1.807) is 0 Å². The van der Waals surface area contributed by atoms with E-state index in [0.717, 1.165) is 12.8 Å². The Hall–Kier alpha value is -5.44. The van der Waals surface area contributed by atoms with Crippen LogP contribution in [-0.4, -0.2) is 4.57 Å². The van der Waals surface area contributed by atoms with Crippen molar-refractivity contribution in [1.82, 2.24) is 4.57 Å². The maximum Gasteiger partial charge on any atom is 0.0541 e. The molecule has 0 fully saturated rings. The second-order valence-electron chi connectivity index (χ2n) is 12.5. The van der Waals surface area contributed by atoms with Gasteiger partial charge in [-0.05, 0) is 106 Å². The molecule has 0 spiro atoms. The molecule has 0 radical (unpaired) electrons. The zero-order chi connectivity index (χ0) is 30.2. The minimum atomic E-state index is 1.14. The maximum atomic E-state index is 2.42. The van der Waals surface area contributed by atoms with Crippen molar-refractivity contribution in [3.63, 3.8) is 0 Å². The van der Waals surface area contributed by atoms with Crippen LogP contribution < -0.4 is 0 Å². The molecule has 2 heteroatoms. The fourth-order valence-electron chi connectivity index (χ4n) is 7.65. The normalized spacial score (nSPS) is 12.6. The largest absolute Gasteiger partial charge is 0.309 e. The summed E-state index contributed by atoms with van der Waals surface area (Å²) in [4.78, 5) is 1.52. The average Bonchev–Trinajstić information content (AvgIpc) is 3.67. The molecule has 0 amide bonds. The minimum absolute atomic E-state index is 1.14. The van der Waals surface area contributed by atoms with Gasteiger partial charge in [-0.2, -0.15) is 0 Å². The summed E-state index contributed by atoms with van der Waals surface area (Å²) in [7, 11) is 0. The molecule has 2 aromatic heterocycles. The van der Waals surface area contributed by atoms with Gasteiger partial charge in [0.2, 0.25) is 0 Å². The Morgan fingerprint density at radius 2 is 1.17 bits per heavy atom. The summed E-state index contributed by atoms with van der Waals surface area (Å²) in [6.07, 6.45) is 2.27. The lowest BCUT2D eigenvalue weighted by atomic mass is 9.88. The highest BCUT2D eigenvalue weighted by Gasteiger charge is 2.21. The summed E-state index contributed by atoms with van der Waals surface area (Å²) in [5.41, 5.74) is 13.0. The van der Waals surface area contributed by atoms with Crippen molar-refractivity contribution in [3.8, 4) is 39.1 Å². The average molecular weight is 604 g/mol. The van der Waals surface area contributed by atoms with Crippen molar-refractivity contribution >= 4 is 54.0 Å². The third-order valence-electron chi connectivity index (χ3n) is 9.86. The van der Waals surface area contributed by atoms with Crippen LogP contribution in [0, 0.1) is 0 Å². The van der Waals surface area contributed by atoms with Crippen LogP contribution in [0.1, 0.15) is 10.4 Å². The molecule has 0 aliphatic heterocycles. The Morgan fingerprint density at radius 1 is 0.457 bits per heavy atom. The van der Waals surface area contributed by atoms with Gasteiger partial charge in [-0.3, -0.25) is 0 Å². The van der Waals surface area contributed by atoms with Crippen LogP contribution >= 0.6 is 11.3 Å². The number of hydrogen-bond acceptors (Lipinski definition) is 1. The van der Waals surface area contributed by atoms with Crippen molar-refractivity contribution in [2.24, 2.45) is 0 Å². The van der Waals surface area contributed by atoms with Gasteiger partial charge in [-0.25, -0.2) is 0 Å². The van der Waals surface area contributed by atoms with Crippen LogP contribution in [0.3, 0.4) is 0 Å². The zero-order valence-electron chi connectivity index (χ0n) is 25.2. The molecule has 7 aromatic carbocycles. The van der Waals surface area contributed by atoms with Gasteiger partial charge in [0, 0.05) is 37.0 Å². The van der Waals surface area contributed by atoms with E-state index in [0.29, 0.717) is 0 Å². The molecule has 0 N–H and O–H groups in total. The lowest BCUT2D eigenvalue weighted by Gasteiger charge is -2.16. The van der Waals surface area contributed by atoms with Crippen LogP contribution in [0.25, 0.3) is 81.7 Å². The molecule has 0 unspecified atom stereocenters. The predicted molar refractivity (Wildman–Crippen MR) is 197 cm³/mol. The van der Waals surface area contributed by atoms with E-state index in [9.17, 15) is 0 Å². The number of benzene rings is 7. The molecule has 0 saturated heterocycles. The molecule has 0 saturated carbocycles. The third-order valence-corrected chi connectivity index (χ3v) is 11.1. The SMILES string of the molecule is c1cc(-c2ccc3sc4c(c3c2)-c2ccccc2CC4)cc(-c2ccc3c(c2)c2ccccc2n3-c2ccc3ccccc3c2)c1. The summed E-state index contributed by atoms with van der Waals surface area (Å²) < 4.78 is 3.79. The Kier molecular flexibility index (Phi) is 5.64. The Morgan fingerprint density at radius 3 is 2.09 bits per heavy atom. The van der Waals surface area contributed by atoms with Crippen molar-refractivity contribution in [1.29, 1.82) is 0 Å². The van der Waals surface area contributed by atoms with E-state index in [4.69, 9.17) is 0 Å². The highest BCUT2D eigenvalue weighted by Crippen LogP contribution is 2.45. The van der Waals surface area contributed by atoms with Crippen molar-refractivity contribution in [3.05, 3.63) is 162 Å². The van der Waals surface area contributed by atoms with E-state index >= 15 is 0 Å². The lowest BCUT2D eigenvalue weighted by Crippen LogP contribution is -2.00. The first-order valence-electron chi connectivity index (χ1n) is 16.1. The summed E-state index contributed by atoms with van der Waals surface area (Å²) in [5.74, 6) is 0. The second kappa shape index (κ2) is 10.0. The zero-order valence-corrected chi connectivity index (χ0v) is 26.0. The fraction of sp³-hybridized carbons (Fsp3) is 0.0455. The van der Waals surface area contributed by atoms with E-state index in [2.05, 4.69) is 156 Å². The van der Waals surface area contributed by atoms with Crippen molar-refractivity contribution < 1.29 is 0 Å². The summed E-state index contributed by atoms with van der Waals surface area (Å²) in [6, 6.07) is 56.2. The van der Waals surface area contributed by atoms with Gasteiger partial charge >= 0.3 is 0 Å². The van der Waals surface area contributed by atoms with Crippen LogP contribution in [0.2, 0.25) is 0 Å². The standard InChI is InChI=1S/C44H29NS/c1-2-10-32-25-35(20-16-28(32)8-1)45-40-15-6-5-14-37(40)38-26-33(17-21-41(38)45)30-11-7-12-31(24-30)34-19-22-42-39(27-34)44-36-13-4-3-9-29(36)18-23-43(44)46-42/h1-17,19-22,24-27H,18,23H2. The van der Waals surface area contributed by atoms with Gasteiger partial charge in [0.15, 0.2) is 0 Å². The molecule has 9 aromatic rings. The van der Waals surface area contributed by atoms with Gasteiger partial charge in [0.05, 0.1) is 11.0 Å². The number of hydrogen-bond donors (Lipinski definition) is 0. The molecule has 2 heterocycles. The van der Waals surface area contributed by atoms with Gasteiger partial charge in [0.25, 0.3) is 0 Å². The highest BCUT2D eigenvalue weighted by molar-refractivity contribution is 7.19. The number of aryl methyl sites for hydroxylation is 2. The number of aromatic nitrogens is 1. The number of rotatable bonds is 3. The molecular formula is C44H29NS. The summed E-state index contributed by atoms with van der Waals surface area (Å²) in [6.45, 7) is 0. The number of fused-ring (bicyclic) bond motifs is 9. The molecule has 0 atom stereocenters. The maximum absolute atomic E-state index is 2.42. The molecule has 1 aliphatic carbocycles. The number of thiophene rings is 1. The molecule has 0 bridgehead atoms. The Balaban J connectivity index is 1.09. The lowest BCUT2D eigenvalue weighted by molar-refractivity contribution is 0.965. The van der Waals surface area contributed by atoms with E-state index in [1.807, 2.05) is 11.3 Å². The minimum Gasteiger partial charge on any atom is -0.309 e. The molecule has 1 aliphatic rings. The first-order valence-corrected chi connectivity index (χ1v) is 16.9. The third kappa shape index (κ3) is 3.94. The van der Waals surface area contributed by atoms with Gasteiger partial charge in [-0.15, -0.1) is 11.3 Å². The first-order chi connectivity index (χ1) is 22.8. The van der Waals surface area contributed by atoms with Crippen molar-refractivity contribution in [2.75, 3.05) is 0 Å². The van der Waals surface area contributed by atoms with Crippen LogP contribution in [0.5, 0.6) is 0 Å². The Bertz CT molecular complexity index is 2650. The second-order valence-corrected chi connectivity index (χ2v) is 13.6. The smallest absolute Gasteiger partial charge is 0.0541 e. The Labute approximate surface area is 271 Å². The van der Waals surface area contributed by atoms with Crippen molar-refractivity contribution in [2.45, 2.75) is 12.8 Å². The van der Waals surface area contributed by atoms with E-state index in [-0.39, 0.29) is 0 Å². The number of nitrogens with zero attached hydrogens (tertiary/aromatic N) is 1. The molecule has 1 nitrogen and oxygen atoms in total. The topological polar surface area (TPSA) is 4.93 Å². The van der Waals surface area contributed by atoms with Gasteiger partial charge < -0.3 is 4.57 Å². The first kappa shape index (κ1) is 25.8. The summed E-state index contributed by atoms with van der Waals surface area (Å²) in [5, 5.41) is 6.45.